The summed E-state index contributed by atoms with van der Waals surface area (Å²) in [5, 5.41) is 9.67. The summed E-state index contributed by atoms with van der Waals surface area (Å²) in [6.45, 7) is 0. The normalized spacial score (nSPS) is 23.3. The molecule has 0 aromatic heterocycles. The van der Waals surface area contributed by atoms with E-state index >= 15 is 0 Å². The molecule has 0 spiro atoms. The molecular weight excluding hydrogens is 332 g/mol. The van der Waals surface area contributed by atoms with Crippen molar-refractivity contribution in [1.29, 1.82) is 0 Å². The van der Waals surface area contributed by atoms with Crippen LogP contribution in [-0.4, -0.2) is 23.5 Å². The van der Waals surface area contributed by atoms with Gasteiger partial charge in [0.05, 0.1) is 0 Å². The summed E-state index contributed by atoms with van der Waals surface area (Å²) >= 11 is 0. The molecule has 3 atom stereocenters. The largest absolute Gasteiger partial charge is 0.414 e. The van der Waals surface area contributed by atoms with Crippen LogP contribution in [0.3, 0.4) is 0 Å². The van der Waals surface area contributed by atoms with Crippen molar-refractivity contribution in [2.75, 3.05) is 6.16 Å². The second kappa shape index (κ2) is 7.25. The molecule has 1 N–H and O–H groups in total. The highest BCUT2D eigenvalue weighted by Gasteiger charge is 2.45. The highest BCUT2D eigenvalue weighted by Crippen LogP contribution is 2.70. The molecule has 1 aliphatic rings. The topological polar surface area (TPSA) is 20.2 Å². The number of aliphatic hydroxyl groups is 1. The predicted molar refractivity (Wildman–Crippen MR) is 91.4 cm³/mol. The zero-order valence-corrected chi connectivity index (χ0v) is 14.0. The summed E-state index contributed by atoms with van der Waals surface area (Å²) in [7, 11) is -0.998. The first-order valence-corrected chi connectivity index (χ1v) is 9.74. The molecule has 1 saturated heterocycles. The number of alkyl halides is 3. The number of benzene rings is 2. The fourth-order valence-electron chi connectivity index (χ4n) is 3.49. The first kappa shape index (κ1) is 17.4. The molecule has 2 aromatic rings. The van der Waals surface area contributed by atoms with Crippen molar-refractivity contribution in [2.45, 2.75) is 36.4 Å². The number of rotatable bonds is 4. The second-order valence-electron chi connectivity index (χ2n) is 6.18. The summed E-state index contributed by atoms with van der Waals surface area (Å²) in [6, 6.07) is 19.5. The minimum absolute atomic E-state index is 0.114. The van der Waals surface area contributed by atoms with Gasteiger partial charge in [0.1, 0.15) is 0 Å². The number of hydrogen-bond acceptors (Lipinski definition) is 1. The van der Waals surface area contributed by atoms with Gasteiger partial charge in [-0.1, -0.05) is 68.6 Å². The Balaban J connectivity index is 1.90. The Kier molecular flexibility index (Phi) is 5.27. The van der Waals surface area contributed by atoms with Crippen molar-refractivity contribution in [3.63, 3.8) is 0 Å². The van der Waals surface area contributed by atoms with Crippen molar-refractivity contribution in [3.8, 4) is 0 Å². The average Bonchev–Trinajstić information content (AvgIpc) is 2.99. The minimum Gasteiger partial charge on any atom is -0.383 e. The van der Waals surface area contributed by atoms with Gasteiger partial charge in [-0.3, -0.25) is 0 Å². The molecule has 0 saturated carbocycles. The second-order valence-corrected chi connectivity index (χ2v) is 8.82. The molecule has 128 valence electrons. The Hall–Kier alpha value is -1.38. The van der Waals surface area contributed by atoms with Gasteiger partial charge in [0.2, 0.25) is 0 Å². The fraction of sp³-hybridized carbons (Fsp3) is 0.368. The molecule has 3 rings (SSSR count). The maximum absolute atomic E-state index is 12.9. The molecule has 0 aliphatic carbocycles. The quantitative estimate of drug-likeness (QED) is 0.703. The van der Waals surface area contributed by atoms with E-state index in [0.29, 0.717) is 0 Å². The molecule has 2 aromatic carbocycles. The van der Waals surface area contributed by atoms with Crippen LogP contribution in [0.4, 0.5) is 13.2 Å². The molecule has 1 nitrogen and oxygen atoms in total. The molecule has 24 heavy (non-hydrogen) atoms. The summed E-state index contributed by atoms with van der Waals surface area (Å²) in [5.74, 6) is 0. The Morgan fingerprint density at radius 1 is 0.875 bits per heavy atom. The van der Waals surface area contributed by atoms with E-state index in [1.54, 1.807) is 0 Å². The molecule has 1 heterocycles. The van der Waals surface area contributed by atoms with Gasteiger partial charge in [0.25, 0.3) is 0 Å². The van der Waals surface area contributed by atoms with Crippen molar-refractivity contribution in [1.82, 2.24) is 0 Å². The third kappa shape index (κ3) is 3.81. The number of halogens is 3. The molecular formula is C19H20F3OP. The smallest absolute Gasteiger partial charge is 0.383 e. The molecule has 0 unspecified atom stereocenters. The summed E-state index contributed by atoms with van der Waals surface area (Å²) < 4.78 is 38.8. The lowest BCUT2D eigenvalue weighted by Crippen LogP contribution is -2.31. The molecule has 0 bridgehead atoms. The van der Waals surface area contributed by atoms with Crippen LogP contribution >= 0.6 is 7.92 Å². The van der Waals surface area contributed by atoms with Crippen molar-refractivity contribution >= 4 is 7.92 Å². The predicted octanol–water partition coefficient (Wildman–Crippen LogP) is 5.67. The maximum atomic E-state index is 12.9. The van der Waals surface area contributed by atoms with E-state index in [0.717, 1.165) is 24.0 Å². The lowest BCUT2D eigenvalue weighted by Gasteiger charge is -2.29. The lowest BCUT2D eigenvalue weighted by molar-refractivity contribution is -0.196. The van der Waals surface area contributed by atoms with Crippen LogP contribution in [0.2, 0.25) is 0 Å². The van der Waals surface area contributed by atoms with Crippen LogP contribution in [0.1, 0.15) is 35.3 Å². The SMILES string of the molecule is O[C@@H](CP1[C@@H](c2ccccc2)CC[C@@H]1c1ccccc1)C(F)(F)F. The van der Waals surface area contributed by atoms with E-state index in [2.05, 4.69) is 0 Å². The average molecular weight is 352 g/mol. The van der Waals surface area contributed by atoms with Crippen LogP contribution in [0, 0.1) is 0 Å². The first-order valence-electron chi connectivity index (χ1n) is 8.07. The Morgan fingerprint density at radius 2 is 1.29 bits per heavy atom. The summed E-state index contributed by atoms with van der Waals surface area (Å²) in [5.41, 5.74) is 2.42. The van der Waals surface area contributed by atoms with Gasteiger partial charge < -0.3 is 5.11 Å². The minimum atomic E-state index is -4.55. The van der Waals surface area contributed by atoms with E-state index in [9.17, 15) is 18.3 Å². The van der Waals surface area contributed by atoms with Crippen molar-refractivity contribution in [2.24, 2.45) is 0 Å². The lowest BCUT2D eigenvalue weighted by atomic mass is 10.0. The van der Waals surface area contributed by atoms with E-state index < -0.39 is 20.2 Å². The third-order valence-corrected chi connectivity index (χ3v) is 8.13. The zero-order chi connectivity index (χ0) is 17.2. The maximum Gasteiger partial charge on any atom is 0.414 e. The Morgan fingerprint density at radius 3 is 1.67 bits per heavy atom. The third-order valence-electron chi connectivity index (χ3n) is 4.64. The number of aliphatic hydroxyl groups excluding tert-OH is 1. The van der Waals surface area contributed by atoms with Gasteiger partial charge in [-0.15, -0.1) is 0 Å². The molecule has 0 radical (unpaired) electrons. The Labute approximate surface area is 141 Å². The molecule has 5 heteroatoms. The van der Waals surface area contributed by atoms with Gasteiger partial charge in [0.15, 0.2) is 6.10 Å². The van der Waals surface area contributed by atoms with Crippen molar-refractivity contribution < 1.29 is 18.3 Å². The van der Waals surface area contributed by atoms with Gasteiger partial charge in [-0.2, -0.15) is 13.2 Å². The van der Waals surface area contributed by atoms with Crippen molar-refractivity contribution in [3.05, 3.63) is 71.8 Å². The van der Waals surface area contributed by atoms with E-state index in [-0.39, 0.29) is 17.5 Å². The highest BCUT2D eigenvalue weighted by molar-refractivity contribution is 7.58. The fourth-order valence-corrected chi connectivity index (χ4v) is 7.11. The standard InChI is InChI=1S/C19H20F3OP/c20-19(21,22)18(23)13-24-16(14-7-3-1-4-8-14)11-12-17(24)15-9-5-2-6-10-15/h1-10,16-18,23H,11-13H2/t16-,17-,18+/m1/s1. The highest BCUT2D eigenvalue weighted by atomic mass is 31.1. The monoisotopic (exact) mass is 352 g/mol. The van der Waals surface area contributed by atoms with E-state index in [1.807, 2.05) is 60.7 Å². The van der Waals surface area contributed by atoms with Crippen LogP contribution in [0.5, 0.6) is 0 Å². The van der Waals surface area contributed by atoms with Crippen LogP contribution in [0.25, 0.3) is 0 Å². The van der Waals surface area contributed by atoms with Crippen LogP contribution in [-0.2, 0) is 0 Å². The van der Waals surface area contributed by atoms with E-state index in [4.69, 9.17) is 0 Å². The molecule has 0 amide bonds. The zero-order valence-electron chi connectivity index (χ0n) is 13.2. The number of hydrogen-bond donors (Lipinski definition) is 1. The van der Waals surface area contributed by atoms with Gasteiger partial charge in [-0.25, -0.2) is 0 Å². The molecule has 1 aliphatic heterocycles. The van der Waals surface area contributed by atoms with Gasteiger partial charge >= 0.3 is 6.18 Å². The van der Waals surface area contributed by atoms with Crippen LogP contribution < -0.4 is 0 Å². The van der Waals surface area contributed by atoms with Gasteiger partial charge in [-0.05, 0) is 24.0 Å². The first-order chi connectivity index (χ1) is 11.5. The Bertz CT molecular complexity index is 597. The van der Waals surface area contributed by atoms with Gasteiger partial charge in [0, 0.05) is 17.5 Å². The summed E-state index contributed by atoms with van der Waals surface area (Å²) in [6.07, 6.45) is -5.22. The van der Waals surface area contributed by atoms with Crippen LogP contribution in [0.15, 0.2) is 60.7 Å². The summed E-state index contributed by atoms with van der Waals surface area (Å²) in [4.78, 5) is 0. The molecule has 1 fully saturated rings. The van der Waals surface area contributed by atoms with E-state index in [1.165, 1.54) is 0 Å².